The quantitative estimate of drug-likeness (QED) is 0.106. The maximum absolute atomic E-state index is 5.65. The molecule has 0 fully saturated rings. The third-order valence-electron chi connectivity index (χ3n) is 18.7. The van der Waals surface area contributed by atoms with Crippen molar-refractivity contribution < 1.29 is 0 Å². The lowest BCUT2D eigenvalue weighted by Crippen LogP contribution is -2.61. The summed E-state index contributed by atoms with van der Waals surface area (Å²) in [5.74, 6) is 0.633. The van der Waals surface area contributed by atoms with Gasteiger partial charge in [-0.1, -0.05) is 267 Å². The van der Waals surface area contributed by atoms with Crippen molar-refractivity contribution in [1.82, 2.24) is 9.97 Å². The standard InChI is InChI=1S/C86H55BN4/c1-7-23-56(24-8-1)66-43-67(57-25-9-2-10-26-57)46-71(45-66)90-81-49-64-41-39-60-31-19-21-37-73(60)75(64)53-77(81)87-78-54-76-65(42-40-61-32-20-22-38-74(61)76)50-82(78)91(72-47-68(58-27-11-3-12-28-58)44-69(48-72)59-29-13-4-14-30-59)84-52-70(51-83(90)85(84)87)86-88-79(62-33-15-5-16-34-62)55-80(89-86)63-35-17-6-18-36-63/h1-55H. The Bertz CT molecular complexity index is 5080. The highest BCUT2D eigenvalue weighted by molar-refractivity contribution is 7.00. The van der Waals surface area contributed by atoms with E-state index in [4.69, 9.17) is 9.97 Å². The fraction of sp³-hybridized carbons (Fsp3) is 0. The summed E-state index contributed by atoms with van der Waals surface area (Å²) in [6, 6.07) is 123. The van der Waals surface area contributed by atoms with E-state index in [1.54, 1.807) is 0 Å². The lowest BCUT2D eigenvalue weighted by Gasteiger charge is -2.45. The van der Waals surface area contributed by atoms with Gasteiger partial charge in [-0.3, -0.25) is 0 Å². The fourth-order valence-corrected chi connectivity index (χ4v) is 14.4. The normalized spacial score (nSPS) is 12.3. The molecule has 16 aromatic rings. The van der Waals surface area contributed by atoms with Crippen LogP contribution in [0.4, 0.5) is 34.1 Å². The van der Waals surface area contributed by atoms with Crippen LogP contribution in [0.3, 0.4) is 0 Å². The van der Waals surface area contributed by atoms with E-state index in [1.807, 2.05) is 0 Å². The molecule has 0 radical (unpaired) electrons. The monoisotopic (exact) mass is 1150 g/mol. The minimum Gasteiger partial charge on any atom is -0.311 e. The van der Waals surface area contributed by atoms with Gasteiger partial charge in [0.05, 0.1) is 11.4 Å². The number of rotatable bonds is 9. The van der Waals surface area contributed by atoms with Gasteiger partial charge in [-0.15, -0.1) is 0 Å². The number of hydrogen-bond donors (Lipinski definition) is 0. The predicted octanol–water partition coefficient (Wildman–Crippen LogP) is 20.8. The lowest BCUT2D eigenvalue weighted by molar-refractivity contribution is 1.18. The average molecular weight is 1160 g/mol. The molecule has 0 saturated heterocycles. The first-order chi connectivity index (χ1) is 45.1. The third-order valence-corrected chi connectivity index (χ3v) is 18.7. The topological polar surface area (TPSA) is 32.3 Å². The van der Waals surface area contributed by atoms with Crippen molar-refractivity contribution in [1.29, 1.82) is 0 Å². The second-order valence-corrected chi connectivity index (χ2v) is 24.1. The predicted molar refractivity (Wildman–Crippen MR) is 384 cm³/mol. The molecule has 5 heteroatoms. The molecule has 0 spiro atoms. The first-order valence-electron chi connectivity index (χ1n) is 31.3. The molecule has 18 rings (SSSR count). The lowest BCUT2D eigenvalue weighted by atomic mass is 9.33. The highest BCUT2D eigenvalue weighted by atomic mass is 15.2. The van der Waals surface area contributed by atoms with Crippen molar-refractivity contribution in [3.8, 4) is 78.4 Å². The third kappa shape index (κ3) is 9.00. The average Bonchev–Trinajstić information content (AvgIpc) is 0.696. The van der Waals surface area contributed by atoms with Crippen LogP contribution in [0.1, 0.15) is 0 Å². The van der Waals surface area contributed by atoms with Crippen LogP contribution in [0.25, 0.3) is 122 Å². The Morgan fingerprint density at radius 1 is 0.220 bits per heavy atom. The number of anilines is 6. The first kappa shape index (κ1) is 52.2. The zero-order chi connectivity index (χ0) is 59.9. The van der Waals surface area contributed by atoms with Crippen molar-refractivity contribution in [2.75, 3.05) is 9.80 Å². The van der Waals surface area contributed by atoms with Crippen molar-refractivity contribution in [3.63, 3.8) is 0 Å². The summed E-state index contributed by atoms with van der Waals surface area (Å²) in [6.45, 7) is -0.239. The molecule has 0 N–H and O–H groups in total. The Balaban J connectivity index is 1.02. The van der Waals surface area contributed by atoms with E-state index in [2.05, 4.69) is 343 Å². The van der Waals surface area contributed by atoms with Gasteiger partial charge >= 0.3 is 0 Å². The van der Waals surface area contributed by atoms with E-state index in [0.29, 0.717) is 5.82 Å². The molecule has 0 bridgehead atoms. The van der Waals surface area contributed by atoms with E-state index in [1.165, 1.54) is 59.5 Å². The second-order valence-electron chi connectivity index (χ2n) is 24.1. The summed E-state index contributed by atoms with van der Waals surface area (Å²) in [4.78, 5) is 16.5. The summed E-state index contributed by atoms with van der Waals surface area (Å²) in [6.07, 6.45) is 0. The van der Waals surface area contributed by atoms with Gasteiger partial charge in [-0.25, -0.2) is 9.97 Å². The van der Waals surface area contributed by atoms with E-state index < -0.39 is 0 Å². The van der Waals surface area contributed by atoms with E-state index in [9.17, 15) is 0 Å². The molecular formula is C86H55BN4. The van der Waals surface area contributed by atoms with Crippen LogP contribution in [-0.4, -0.2) is 16.7 Å². The number of benzene rings is 15. The van der Waals surface area contributed by atoms with Gasteiger partial charge in [-0.05, 0) is 171 Å². The van der Waals surface area contributed by atoms with E-state index in [-0.39, 0.29) is 6.71 Å². The van der Waals surface area contributed by atoms with Gasteiger partial charge in [0.25, 0.3) is 6.71 Å². The van der Waals surface area contributed by atoms with Gasteiger partial charge in [0.1, 0.15) is 0 Å². The number of hydrogen-bond acceptors (Lipinski definition) is 4. The Labute approximate surface area is 529 Å². The van der Waals surface area contributed by atoms with Gasteiger partial charge in [0.15, 0.2) is 5.82 Å². The maximum atomic E-state index is 5.65. The second kappa shape index (κ2) is 21.4. The summed E-state index contributed by atoms with van der Waals surface area (Å²) in [5, 5.41) is 9.67. The molecule has 2 aliphatic heterocycles. The minimum atomic E-state index is -0.239. The van der Waals surface area contributed by atoms with Crippen LogP contribution < -0.4 is 26.2 Å². The highest BCUT2D eigenvalue weighted by Crippen LogP contribution is 2.50. The Hall–Kier alpha value is -11.9. The van der Waals surface area contributed by atoms with Gasteiger partial charge in [-0.2, -0.15) is 0 Å². The summed E-state index contributed by atoms with van der Waals surface area (Å²) >= 11 is 0. The van der Waals surface area contributed by atoms with Crippen LogP contribution >= 0.6 is 0 Å². The zero-order valence-electron chi connectivity index (χ0n) is 49.6. The van der Waals surface area contributed by atoms with Crippen LogP contribution in [0, 0.1) is 0 Å². The van der Waals surface area contributed by atoms with Crippen molar-refractivity contribution in [3.05, 3.63) is 334 Å². The molecule has 4 nitrogen and oxygen atoms in total. The molecule has 422 valence electrons. The molecule has 0 aliphatic carbocycles. The van der Waals surface area contributed by atoms with E-state index >= 15 is 0 Å². The molecule has 0 saturated carbocycles. The van der Waals surface area contributed by atoms with Crippen LogP contribution in [0.2, 0.25) is 0 Å². The molecule has 0 unspecified atom stereocenters. The van der Waals surface area contributed by atoms with Gasteiger partial charge in [0.2, 0.25) is 0 Å². The number of aromatic nitrogens is 2. The Kier molecular flexibility index (Phi) is 12.3. The molecular weight excluding hydrogens is 1100 g/mol. The van der Waals surface area contributed by atoms with Crippen molar-refractivity contribution in [2.45, 2.75) is 0 Å². The molecule has 2 aliphatic rings. The summed E-state index contributed by atoms with van der Waals surface area (Å²) in [7, 11) is 0. The SMILES string of the molecule is c1ccc(-c2cc(-c3ccccc3)cc(N3c4cc5ccc6ccccc6c5cc4B4c5cc6c(ccc7ccccc76)cc5N(c5cc(-c6ccccc6)cc(-c6ccccc6)c5)c5cc(-c6nc(-c7ccccc7)cc(-c7ccccc7)n6)cc3c54)c2)cc1. The molecule has 15 aromatic carbocycles. The van der Waals surface area contributed by atoms with Crippen molar-refractivity contribution >= 4 is 100 Å². The molecule has 0 atom stereocenters. The maximum Gasteiger partial charge on any atom is 0.252 e. The fourth-order valence-electron chi connectivity index (χ4n) is 14.4. The number of fused-ring (bicyclic) bond motifs is 10. The molecule has 1 aromatic heterocycles. The van der Waals surface area contributed by atoms with Gasteiger partial charge in [0, 0.05) is 50.8 Å². The summed E-state index contributed by atoms with van der Waals surface area (Å²) in [5.41, 5.74) is 23.8. The largest absolute Gasteiger partial charge is 0.311 e. The molecule has 0 amide bonds. The van der Waals surface area contributed by atoms with Gasteiger partial charge < -0.3 is 9.80 Å². The Morgan fingerprint density at radius 3 is 0.923 bits per heavy atom. The Morgan fingerprint density at radius 2 is 0.549 bits per heavy atom. The van der Waals surface area contributed by atoms with Crippen LogP contribution in [0.15, 0.2) is 334 Å². The first-order valence-corrected chi connectivity index (χ1v) is 31.3. The zero-order valence-corrected chi connectivity index (χ0v) is 49.6. The summed E-state index contributed by atoms with van der Waals surface area (Å²) < 4.78 is 0. The molecule has 91 heavy (non-hydrogen) atoms. The van der Waals surface area contributed by atoms with Crippen LogP contribution in [-0.2, 0) is 0 Å². The minimum absolute atomic E-state index is 0.239. The number of nitrogens with zero attached hydrogens (tertiary/aromatic N) is 4. The van der Waals surface area contributed by atoms with Crippen LogP contribution in [0.5, 0.6) is 0 Å². The highest BCUT2D eigenvalue weighted by Gasteiger charge is 2.45. The smallest absolute Gasteiger partial charge is 0.252 e. The van der Waals surface area contributed by atoms with E-state index in [0.717, 1.165) is 107 Å². The molecule has 3 heterocycles. The van der Waals surface area contributed by atoms with Crippen molar-refractivity contribution in [2.24, 2.45) is 0 Å².